The molecule has 7 nitrogen and oxygen atoms in total. The largest absolute Gasteiger partial charge is 0.311 e. The number of allylic oxidation sites excluding steroid dienone is 2. The highest BCUT2D eigenvalue weighted by atomic mass is 15.3. The van der Waals surface area contributed by atoms with Gasteiger partial charge in [0.1, 0.15) is 0 Å². The van der Waals surface area contributed by atoms with E-state index in [1.165, 1.54) is 21.8 Å². The number of benzene rings is 5. The molecule has 3 aromatic heterocycles. The smallest absolute Gasteiger partial charge is 0.186 e. The maximum Gasteiger partial charge on any atom is 0.186 e. The van der Waals surface area contributed by atoms with Crippen LogP contribution >= 0.6 is 0 Å². The standard InChI is InChI=1S/C41H31N7/c1-2-11-37(42)41-45-44-40(48(41)34-14-10-27-43-28-34)29-19-21-31(22-20-29)46(30-12-4-3-5-13-30)32-23-25-33(26-24-32)47-38-17-8-6-15-35(38)36-16-7-9-18-39(36)47/h2-28,42H,1H3. The van der Waals surface area contributed by atoms with E-state index in [0.717, 1.165) is 34.0 Å². The SMILES string of the molecule is CC=CC(=N)c1nnc(-c2ccc(N(c3ccccc3)c3ccc(-n4c5ccccc5c5ccccc54)cc3)cc2)n1-c1cccnc1. The van der Waals surface area contributed by atoms with Gasteiger partial charge in [-0.15, -0.1) is 10.2 Å². The quantitative estimate of drug-likeness (QED) is 0.171. The van der Waals surface area contributed by atoms with E-state index in [9.17, 15) is 0 Å². The van der Waals surface area contributed by atoms with E-state index in [4.69, 9.17) is 5.41 Å². The Kier molecular flexibility index (Phi) is 7.39. The molecule has 0 radical (unpaired) electrons. The molecular weight excluding hydrogens is 591 g/mol. The first-order valence-electron chi connectivity index (χ1n) is 15.8. The number of fused-ring (bicyclic) bond motifs is 3. The van der Waals surface area contributed by atoms with Crippen molar-refractivity contribution < 1.29 is 0 Å². The Morgan fingerprint density at radius 2 is 1.21 bits per heavy atom. The van der Waals surface area contributed by atoms with Gasteiger partial charge in [0.15, 0.2) is 11.6 Å². The molecule has 0 amide bonds. The summed E-state index contributed by atoms with van der Waals surface area (Å²) in [5.74, 6) is 1.09. The van der Waals surface area contributed by atoms with Gasteiger partial charge >= 0.3 is 0 Å². The lowest BCUT2D eigenvalue weighted by Gasteiger charge is -2.26. The van der Waals surface area contributed by atoms with Crippen LogP contribution in [0.25, 0.3) is 44.6 Å². The second-order valence-corrected chi connectivity index (χ2v) is 11.4. The summed E-state index contributed by atoms with van der Waals surface area (Å²) in [6, 6.07) is 48.4. The number of rotatable bonds is 8. The fourth-order valence-corrected chi connectivity index (χ4v) is 6.35. The van der Waals surface area contributed by atoms with Gasteiger partial charge in [0.05, 0.1) is 28.6 Å². The van der Waals surface area contributed by atoms with Gasteiger partial charge in [-0.2, -0.15) is 0 Å². The number of hydrogen-bond acceptors (Lipinski definition) is 5. The zero-order valence-electron chi connectivity index (χ0n) is 26.3. The van der Waals surface area contributed by atoms with E-state index in [1.54, 1.807) is 18.5 Å². The molecule has 0 saturated heterocycles. The van der Waals surface area contributed by atoms with E-state index in [-0.39, 0.29) is 5.71 Å². The van der Waals surface area contributed by atoms with E-state index in [1.807, 2.05) is 35.8 Å². The van der Waals surface area contributed by atoms with Crippen LogP contribution in [-0.2, 0) is 0 Å². The molecule has 0 aliphatic heterocycles. The van der Waals surface area contributed by atoms with Gasteiger partial charge in [0.2, 0.25) is 0 Å². The molecule has 0 saturated carbocycles. The summed E-state index contributed by atoms with van der Waals surface area (Å²) in [7, 11) is 0. The highest BCUT2D eigenvalue weighted by Crippen LogP contribution is 2.37. The van der Waals surface area contributed by atoms with Crippen molar-refractivity contribution in [3.8, 4) is 22.8 Å². The molecular formula is C41H31N7. The fraction of sp³-hybridized carbons (Fsp3) is 0.0244. The average Bonchev–Trinajstić information content (AvgIpc) is 3.74. The van der Waals surface area contributed by atoms with Gasteiger partial charge in [-0.05, 0) is 97.9 Å². The third kappa shape index (κ3) is 5.04. The van der Waals surface area contributed by atoms with Crippen molar-refractivity contribution in [2.45, 2.75) is 6.92 Å². The lowest BCUT2D eigenvalue weighted by Crippen LogP contribution is -2.10. The van der Waals surface area contributed by atoms with Crippen molar-refractivity contribution in [2.75, 3.05) is 4.90 Å². The normalized spacial score (nSPS) is 11.4. The first kappa shape index (κ1) is 28.8. The molecule has 5 aromatic carbocycles. The second kappa shape index (κ2) is 12.3. The van der Waals surface area contributed by atoms with Gasteiger partial charge < -0.3 is 9.47 Å². The zero-order valence-corrected chi connectivity index (χ0v) is 26.3. The van der Waals surface area contributed by atoms with Crippen LogP contribution < -0.4 is 4.90 Å². The van der Waals surface area contributed by atoms with Crippen LogP contribution in [0, 0.1) is 5.41 Å². The van der Waals surface area contributed by atoms with Gasteiger partial charge in [0, 0.05) is 45.3 Å². The van der Waals surface area contributed by atoms with Crippen molar-refractivity contribution in [3.05, 3.63) is 170 Å². The molecule has 1 N–H and O–H groups in total. The van der Waals surface area contributed by atoms with Crippen molar-refractivity contribution >= 4 is 44.6 Å². The summed E-state index contributed by atoms with van der Waals surface area (Å²) in [4.78, 5) is 6.55. The van der Waals surface area contributed by atoms with E-state index in [0.29, 0.717) is 11.6 Å². The van der Waals surface area contributed by atoms with E-state index < -0.39 is 0 Å². The van der Waals surface area contributed by atoms with Gasteiger partial charge in [-0.1, -0.05) is 60.7 Å². The number of nitrogens with one attached hydrogen (secondary N) is 1. The number of aromatic nitrogens is 5. The lowest BCUT2D eigenvalue weighted by molar-refractivity contribution is 1.02. The predicted molar refractivity (Wildman–Crippen MR) is 195 cm³/mol. The van der Waals surface area contributed by atoms with Crippen molar-refractivity contribution in [1.29, 1.82) is 5.41 Å². The first-order valence-corrected chi connectivity index (χ1v) is 15.8. The van der Waals surface area contributed by atoms with E-state index in [2.05, 4.69) is 146 Å². The Morgan fingerprint density at radius 1 is 0.604 bits per heavy atom. The first-order chi connectivity index (χ1) is 23.7. The van der Waals surface area contributed by atoms with Crippen LogP contribution in [0.4, 0.5) is 17.1 Å². The molecule has 3 heterocycles. The van der Waals surface area contributed by atoms with Crippen LogP contribution in [-0.4, -0.2) is 30.0 Å². The molecule has 0 bridgehead atoms. The molecule has 7 heteroatoms. The molecule has 230 valence electrons. The maximum absolute atomic E-state index is 8.58. The number of nitrogens with zero attached hydrogens (tertiary/aromatic N) is 6. The fourth-order valence-electron chi connectivity index (χ4n) is 6.35. The lowest BCUT2D eigenvalue weighted by atomic mass is 10.1. The minimum Gasteiger partial charge on any atom is -0.311 e. The van der Waals surface area contributed by atoms with Gasteiger partial charge in [-0.3, -0.25) is 15.0 Å². The summed E-state index contributed by atoms with van der Waals surface area (Å²) >= 11 is 0. The Bertz CT molecular complexity index is 2350. The minimum absolute atomic E-state index is 0.274. The molecule has 0 aliphatic rings. The molecule has 8 aromatic rings. The molecule has 0 aliphatic carbocycles. The average molecular weight is 622 g/mol. The van der Waals surface area contributed by atoms with Crippen LogP contribution in [0.5, 0.6) is 0 Å². The molecule has 0 atom stereocenters. The monoisotopic (exact) mass is 621 g/mol. The van der Waals surface area contributed by atoms with Gasteiger partial charge in [0.25, 0.3) is 0 Å². The highest BCUT2D eigenvalue weighted by molar-refractivity contribution is 6.09. The van der Waals surface area contributed by atoms with Gasteiger partial charge in [-0.25, -0.2) is 0 Å². The van der Waals surface area contributed by atoms with Crippen molar-refractivity contribution in [1.82, 2.24) is 24.3 Å². The third-order valence-corrected chi connectivity index (χ3v) is 8.49. The Labute approximate surface area is 278 Å². The van der Waals surface area contributed by atoms with Crippen LogP contribution in [0.3, 0.4) is 0 Å². The van der Waals surface area contributed by atoms with Crippen LogP contribution in [0.2, 0.25) is 0 Å². The molecule has 0 fully saturated rings. The summed E-state index contributed by atoms with van der Waals surface area (Å²) in [5.41, 5.74) is 8.52. The van der Waals surface area contributed by atoms with E-state index >= 15 is 0 Å². The molecule has 8 rings (SSSR count). The number of anilines is 3. The summed E-state index contributed by atoms with van der Waals surface area (Å²) in [6.45, 7) is 1.88. The highest BCUT2D eigenvalue weighted by Gasteiger charge is 2.20. The number of para-hydroxylation sites is 3. The molecule has 0 spiro atoms. The summed E-state index contributed by atoms with van der Waals surface area (Å²) < 4.78 is 4.21. The van der Waals surface area contributed by atoms with Crippen molar-refractivity contribution in [3.63, 3.8) is 0 Å². The molecule has 48 heavy (non-hydrogen) atoms. The van der Waals surface area contributed by atoms with Crippen molar-refractivity contribution in [2.24, 2.45) is 0 Å². The Morgan fingerprint density at radius 3 is 1.83 bits per heavy atom. The van der Waals surface area contributed by atoms with Crippen LogP contribution in [0.1, 0.15) is 12.7 Å². The third-order valence-electron chi connectivity index (χ3n) is 8.49. The number of hydrogen-bond donors (Lipinski definition) is 1. The zero-order chi connectivity index (χ0) is 32.5. The number of pyridine rings is 1. The maximum atomic E-state index is 8.58. The molecule has 0 unspecified atom stereocenters. The predicted octanol–water partition coefficient (Wildman–Crippen LogP) is 9.84. The summed E-state index contributed by atoms with van der Waals surface area (Å²) in [5, 5.41) is 20.0. The Balaban J connectivity index is 1.19. The summed E-state index contributed by atoms with van der Waals surface area (Å²) in [6.07, 6.45) is 7.03. The topological polar surface area (TPSA) is 75.6 Å². The van der Waals surface area contributed by atoms with Crippen LogP contribution in [0.15, 0.2) is 164 Å². The Hall–Kier alpha value is -6.60. The minimum atomic E-state index is 0.274. The second-order valence-electron chi connectivity index (χ2n) is 11.4.